The molecule has 0 unspecified atom stereocenters. The first-order chi connectivity index (χ1) is 13.7. The van der Waals surface area contributed by atoms with Gasteiger partial charge in [0, 0.05) is 18.5 Å². The molecule has 0 aliphatic carbocycles. The lowest BCUT2D eigenvalue weighted by Gasteiger charge is -2.12. The molecule has 2 aromatic carbocycles. The zero-order valence-corrected chi connectivity index (χ0v) is 16.0. The van der Waals surface area contributed by atoms with E-state index in [0.717, 1.165) is 10.2 Å². The standard InChI is InChI=1S/C20H16N4O3S/c1-26-12-7-8-13(15(11-12)27-2)23-19(25)17-18(22-10-9-21-17)20-24-14-5-3-4-6-16(14)28-20/h3-11H,1-2H3,(H,23,25). The van der Waals surface area contributed by atoms with Gasteiger partial charge in [-0.1, -0.05) is 12.1 Å². The van der Waals surface area contributed by atoms with Crippen LogP contribution in [0.1, 0.15) is 10.5 Å². The van der Waals surface area contributed by atoms with E-state index in [0.29, 0.717) is 27.9 Å². The minimum absolute atomic E-state index is 0.194. The summed E-state index contributed by atoms with van der Waals surface area (Å²) in [4.78, 5) is 26.1. The van der Waals surface area contributed by atoms with Gasteiger partial charge in [-0.15, -0.1) is 11.3 Å². The van der Waals surface area contributed by atoms with Crippen molar-refractivity contribution in [2.45, 2.75) is 0 Å². The lowest BCUT2D eigenvalue weighted by atomic mass is 10.2. The fraction of sp³-hybridized carbons (Fsp3) is 0.100. The van der Waals surface area contributed by atoms with E-state index in [1.165, 1.54) is 24.6 Å². The summed E-state index contributed by atoms with van der Waals surface area (Å²) < 4.78 is 11.5. The Morgan fingerprint density at radius 3 is 2.64 bits per heavy atom. The fourth-order valence-electron chi connectivity index (χ4n) is 2.72. The SMILES string of the molecule is COc1ccc(NC(=O)c2nccnc2-c2nc3ccccc3s2)c(OC)c1. The minimum atomic E-state index is -0.397. The van der Waals surface area contributed by atoms with E-state index in [4.69, 9.17) is 9.47 Å². The number of hydrogen-bond donors (Lipinski definition) is 1. The van der Waals surface area contributed by atoms with E-state index in [2.05, 4.69) is 20.3 Å². The van der Waals surface area contributed by atoms with Gasteiger partial charge >= 0.3 is 0 Å². The molecular formula is C20H16N4O3S. The molecule has 1 N–H and O–H groups in total. The van der Waals surface area contributed by atoms with E-state index in [1.54, 1.807) is 31.5 Å². The third kappa shape index (κ3) is 3.37. The van der Waals surface area contributed by atoms with Crippen LogP contribution in [0, 0.1) is 0 Å². The highest BCUT2D eigenvalue weighted by molar-refractivity contribution is 7.21. The van der Waals surface area contributed by atoms with E-state index in [-0.39, 0.29) is 5.69 Å². The molecule has 0 radical (unpaired) electrons. The van der Waals surface area contributed by atoms with Crippen LogP contribution in [0.5, 0.6) is 11.5 Å². The number of amides is 1. The van der Waals surface area contributed by atoms with Crippen LogP contribution in [-0.2, 0) is 0 Å². The van der Waals surface area contributed by atoms with Crippen LogP contribution < -0.4 is 14.8 Å². The van der Waals surface area contributed by atoms with Crippen LogP contribution in [-0.4, -0.2) is 35.1 Å². The molecule has 2 aromatic heterocycles. The van der Waals surface area contributed by atoms with Crippen LogP contribution in [0.25, 0.3) is 20.9 Å². The van der Waals surface area contributed by atoms with Gasteiger partial charge in [-0.25, -0.2) is 15.0 Å². The molecule has 8 heteroatoms. The second-order valence-corrected chi connectivity index (χ2v) is 6.79. The summed E-state index contributed by atoms with van der Waals surface area (Å²) in [5, 5.41) is 3.47. The second kappa shape index (κ2) is 7.61. The zero-order valence-electron chi connectivity index (χ0n) is 15.2. The number of fused-ring (bicyclic) bond motifs is 1. The third-order valence-corrected chi connectivity index (χ3v) is 5.11. The Morgan fingerprint density at radius 2 is 1.86 bits per heavy atom. The highest BCUT2D eigenvalue weighted by Crippen LogP contribution is 2.32. The highest BCUT2D eigenvalue weighted by Gasteiger charge is 2.20. The Morgan fingerprint density at radius 1 is 1.04 bits per heavy atom. The molecule has 1 amide bonds. The van der Waals surface area contributed by atoms with Gasteiger partial charge in [-0.05, 0) is 24.3 Å². The fourth-order valence-corrected chi connectivity index (χ4v) is 3.68. The Kier molecular flexibility index (Phi) is 4.86. The van der Waals surface area contributed by atoms with Gasteiger partial charge in [0.1, 0.15) is 22.2 Å². The van der Waals surface area contributed by atoms with Crippen molar-refractivity contribution >= 4 is 33.1 Å². The predicted molar refractivity (Wildman–Crippen MR) is 108 cm³/mol. The topological polar surface area (TPSA) is 86.2 Å². The molecule has 0 spiro atoms. The molecule has 0 fully saturated rings. The maximum atomic E-state index is 12.9. The minimum Gasteiger partial charge on any atom is -0.497 e. The second-order valence-electron chi connectivity index (χ2n) is 5.76. The van der Waals surface area contributed by atoms with Crippen molar-refractivity contribution in [2.24, 2.45) is 0 Å². The number of benzene rings is 2. The lowest BCUT2D eigenvalue weighted by molar-refractivity contribution is 0.102. The summed E-state index contributed by atoms with van der Waals surface area (Å²) in [6.07, 6.45) is 3.03. The summed E-state index contributed by atoms with van der Waals surface area (Å²) >= 11 is 1.47. The summed E-state index contributed by atoms with van der Waals surface area (Å²) in [7, 11) is 3.09. The molecule has 0 bridgehead atoms. The molecule has 0 atom stereocenters. The first-order valence-electron chi connectivity index (χ1n) is 8.40. The van der Waals surface area contributed by atoms with Gasteiger partial charge in [0.05, 0.1) is 30.1 Å². The number of carbonyl (C=O) groups excluding carboxylic acids is 1. The first kappa shape index (κ1) is 17.9. The van der Waals surface area contributed by atoms with E-state index in [9.17, 15) is 4.79 Å². The number of nitrogens with one attached hydrogen (secondary N) is 1. The number of methoxy groups -OCH3 is 2. The average Bonchev–Trinajstić information content (AvgIpc) is 3.18. The van der Waals surface area contributed by atoms with Crippen molar-refractivity contribution in [2.75, 3.05) is 19.5 Å². The summed E-state index contributed by atoms with van der Waals surface area (Å²) in [6, 6.07) is 12.9. The van der Waals surface area contributed by atoms with Gasteiger partial charge in [0.2, 0.25) is 0 Å². The summed E-state index contributed by atoms with van der Waals surface area (Å²) in [5.41, 5.74) is 2.00. The maximum absolute atomic E-state index is 12.9. The molecule has 2 heterocycles. The molecule has 0 saturated heterocycles. The molecule has 0 saturated carbocycles. The van der Waals surface area contributed by atoms with Crippen molar-refractivity contribution in [3.63, 3.8) is 0 Å². The van der Waals surface area contributed by atoms with Crippen molar-refractivity contribution in [1.29, 1.82) is 0 Å². The van der Waals surface area contributed by atoms with Gasteiger partial charge in [0.25, 0.3) is 5.91 Å². The number of aromatic nitrogens is 3. The number of thiazole rings is 1. The van der Waals surface area contributed by atoms with Crippen LogP contribution in [0.2, 0.25) is 0 Å². The van der Waals surface area contributed by atoms with Crippen molar-refractivity contribution in [3.05, 3.63) is 60.6 Å². The van der Waals surface area contributed by atoms with E-state index < -0.39 is 5.91 Å². The predicted octanol–water partition coefficient (Wildman–Crippen LogP) is 4.02. The average molecular weight is 392 g/mol. The number of ether oxygens (including phenoxy) is 2. The van der Waals surface area contributed by atoms with Crippen molar-refractivity contribution < 1.29 is 14.3 Å². The summed E-state index contributed by atoms with van der Waals surface area (Å²) in [5.74, 6) is 0.716. The normalized spacial score (nSPS) is 10.6. The molecule has 0 aliphatic rings. The zero-order chi connectivity index (χ0) is 19.5. The molecule has 28 heavy (non-hydrogen) atoms. The number of carbonyl (C=O) groups is 1. The van der Waals surface area contributed by atoms with Gasteiger partial charge in [0.15, 0.2) is 5.69 Å². The number of para-hydroxylation sites is 1. The highest BCUT2D eigenvalue weighted by atomic mass is 32.1. The Balaban J connectivity index is 1.69. The van der Waals surface area contributed by atoms with Crippen LogP contribution >= 0.6 is 11.3 Å². The molecule has 4 aromatic rings. The monoisotopic (exact) mass is 392 g/mol. The first-order valence-corrected chi connectivity index (χ1v) is 9.21. The van der Waals surface area contributed by atoms with E-state index in [1.807, 2.05) is 24.3 Å². The smallest absolute Gasteiger partial charge is 0.276 e. The number of anilines is 1. The molecular weight excluding hydrogens is 376 g/mol. The van der Waals surface area contributed by atoms with Gasteiger partial charge < -0.3 is 14.8 Å². The number of rotatable bonds is 5. The largest absolute Gasteiger partial charge is 0.497 e. The Hall–Kier alpha value is -3.52. The molecule has 0 aliphatic heterocycles. The van der Waals surface area contributed by atoms with Crippen LogP contribution in [0.4, 0.5) is 5.69 Å². The third-order valence-electron chi connectivity index (χ3n) is 4.07. The van der Waals surface area contributed by atoms with Crippen molar-refractivity contribution in [1.82, 2.24) is 15.0 Å². The van der Waals surface area contributed by atoms with Crippen LogP contribution in [0.15, 0.2) is 54.9 Å². The van der Waals surface area contributed by atoms with E-state index >= 15 is 0 Å². The van der Waals surface area contributed by atoms with Gasteiger partial charge in [-0.3, -0.25) is 4.79 Å². The van der Waals surface area contributed by atoms with Crippen molar-refractivity contribution in [3.8, 4) is 22.2 Å². The summed E-state index contributed by atoms with van der Waals surface area (Å²) in [6.45, 7) is 0. The quantitative estimate of drug-likeness (QED) is 0.552. The lowest BCUT2D eigenvalue weighted by Crippen LogP contribution is -2.16. The molecule has 7 nitrogen and oxygen atoms in total. The van der Waals surface area contributed by atoms with Gasteiger partial charge in [-0.2, -0.15) is 0 Å². The number of hydrogen-bond acceptors (Lipinski definition) is 7. The Bertz CT molecular complexity index is 1130. The number of nitrogens with zero attached hydrogens (tertiary/aromatic N) is 3. The molecule has 140 valence electrons. The van der Waals surface area contributed by atoms with Crippen LogP contribution in [0.3, 0.4) is 0 Å². The Labute approximate surface area is 165 Å². The molecule has 4 rings (SSSR count). The maximum Gasteiger partial charge on any atom is 0.276 e.